The van der Waals surface area contributed by atoms with Crippen molar-refractivity contribution in [1.82, 2.24) is 4.72 Å². The highest BCUT2D eigenvalue weighted by atomic mass is 32.2. The van der Waals surface area contributed by atoms with Gasteiger partial charge in [0.1, 0.15) is 5.75 Å². The molecular formula is C15H14F2N2O5S. The third kappa shape index (κ3) is 4.94. The molecule has 1 N–H and O–H groups in total. The summed E-state index contributed by atoms with van der Waals surface area (Å²) in [6, 6.07) is 8.99. The van der Waals surface area contributed by atoms with Crippen LogP contribution in [0.5, 0.6) is 5.75 Å². The molecule has 0 saturated heterocycles. The summed E-state index contributed by atoms with van der Waals surface area (Å²) in [6.45, 7) is -1.53. The summed E-state index contributed by atoms with van der Waals surface area (Å²) in [6.07, 6.45) is 0. The Morgan fingerprint density at radius 1 is 1.20 bits per heavy atom. The first-order chi connectivity index (χ1) is 11.7. The monoisotopic (exact) mass is 372 g/mol. The molecule has 2 rings (SSSR count). The first-order valence-corrected chi connectivity index (χ1v) is 8.46. The molecule has 0 amide bonds. The average molecular weight is 372 g/mol. The highest BCUT2D eigenvalue weighted by Gasteiger charge is 2.20. The summed E-state index contributed by atoms with van der Waals surface area (Å²) in [5.74, 6) is -0.0452. The van der Waals surface area contributed by atoms with Crippen LogP contribution in [0.25, 0.3) is 0 Å². The molecule has 0 unspecified atom stereocenters. The van der Waals surface area contributed by atoms with Crippen LogP contribution in [0.2, 0.25) is 0 Å². The number of nitro benzene ring substituents is 1. The lowest BCUT2D eigenvalue weighted by Gasteiger charge is -2.10. The smallest absolute Gasteiger partial charge is 0.387 e. The van der Waals surface area contributed by atoms with E-state index in [9.17, 15) is 27.3 Å². The Labute approximate surface area is 142 Å². The molecule has 0 heterocycles. The molecule has 0 saturated carbocycles. The summed E-state index contributed by atoms with van der Waals surface area (Å²) in [5, 5.41) is 10.8. The SMILES string of the molecule is Cc1ccc([N+](=O)[O-])cc1S(=O)(=O)NCc1ccc(OC(F)F)cc1. The molecule has 0 fully saturated rings. The first kappa shape index (κ1) is 18.7. The molecule has 0 aliphatic heterocycles. The second-order valence-electron chi connectivity index (χ2n) is 5.05. The van der Waals surface area contributed by atoms with Gasteiger partial charge in [-0.25, -0.2) is 13.1 Å². The maximum atomic E-state index is 12.4. The number of non-ortho nitro benzene ring substituents is 1. The number of benzene rings is 2. The van der Waals surface area contributed by atoms with Crippen molar-refractivity contribution in [3.63, 3.8) is 0 Å². The number of nitro groups is 1. The van der Waals surface area contributed by atoms with Gasteiger partial charge in [-0.2, -0.15) is 8.78 Å². The van der Waals surface area contributed by atoms with Crippen LogP contribution in [-0.4, -0.2) is 20.0 Å². The topological polar surface area (TPSA) is 98.5 Å². The van der Waals surface area contributed by atoms with E-state index in [0.29, 0.717) is 11.1 Å². The first-order valence-electron chi connectivity index (χ1n) is 6.97. The lowest BCUT2D eigenvalue weighted by Crippen LogP contribution is -2.24. The Morgan fingerprint density at radius 3 is 2.40 bits per heavy atom. The average Bonchev–Trinajstić information content (AvgIpc) is 2.53. The van der Waals surface area contributed by atoms with Gasteiger partial charge in [0, 0.05) is 18.7 Å². The van der Waals surface area contributed by atoms with Crippen LogP contribution in [0.1, 0.15) is 11.1 Å². The lowest BCUT2D eigenvalue weighted by molar-refractivity contribution is -0.385. The van der Waals surface area contributed by atoms with Crippen LogP contribution in [-0.2, 0) is 16.6 Å². The molecule has 7 nitrogen and oxygen atoms in total. The Bertz CT molecular complexity index is 870. The van der Waals surface area contributed by atoms with Crippen molar-refractivity contribution < 1.29 is 26.9 Å². The minimum atomic E-state index is -3.98. The van der Waals surface area contributed by atoms with Crippen LogP contribution >= 0.6 is 0 Å². The standard InChI is InChI=1S/C15H14F2N2O5S/c1-10-2-5-12(19(20)21)8-14(10)25(22,23)18-9-11-3-6-13(7-4-11)24-15(16)17/h2-8,15,18H,9H2,1H3. The van der Waals surface area contributed by atoms with Gasteiger partial charge in [0.25, 0.3) is 5.69 Å². The number of sulfonamides is 1. The number of ether oxygens (including phenoxy) is 1. The number of rotatable bonds is 7. The van der Waals surface area contributed by atoms with E-state index in [0.717, 1.165) is 6.07 Å². The van der Waals surface area contributed by atoms with Crippen molar-refractivity contribution in [2.24, 2.45) is 0 Å². The van der Waals surface area contributed by atoms with Crippen molar-refractivity contribution in [2.75, 3.05) is 0 Å². The fourth-order valence-electron chi connectivity index (χ4n) is 2.04. The maximum absolute atomic E-state index is 12.4. The van der Waals surface area contributed by atoms with Gasteiger partial charge < -0.3 is 4.74 Å². The number of aryl methyl sites for hydroxylation is 1. The second kappa shape index (κ2) is 7.53. The van der Waals surface area contributed by atoms with Crippen molar-refractivity contribution in [3.8, 4) is 5.75 Å². The predicted octanol–water partition coefficient (Wildman–Crippen LogP) is 2.98. The third-order valence-corrected chi connectivity index (χ3v) is 4.83. The van der Waals surface area contributed by atoms with Crippen LogP contribution < -0.4 is 9.46 Å². The Balaban J connectivity index is 2.14. The lowest BCUT2D eigenvalue weighted by atomic mass is 10.2. The summed E-state index contributed by atoms with van der Waals surface area (Å²) in [5.41, 5.74) is 0.534. The molecule has 2 aromatic rings. The minimum Gasteiger partial charge on any atom is -0.435 e. The number of hydrogen-bond donors (Lipinski definition) is 1. The maximum Gasteiger partial charge on any atom is 0.387 e. The molecule has 0 aliphatic rings. The van der Waals surface area contributed by atoms with Crippen molar-refractivity contribution in [2.45, 2.75) is 25.0 Å². The molecule has 25 heavy (non-hydrogen) atoms. The fourth-order valence-corrected chi connectivity index (χ4v) is 3.32. The van der Waals surface area contributed by atoms with Gasteiger partial charge in [-0.3, -0.25) is 10.1 Å². The van der Waals surface area contributed by atoms with Crippen molar-refractivity contribution >= 4 is 15.7 Å². The Kier molecular flexibility index (Phi) is 5.65. The van der Waals surface area contributed by atoms with E-state index in [4.69, 9.17) is 0 Å². The second-order valence-corrected chi connectivity index (χ2v) is 6.79. The molecule has 0 spiro atoms. The molecular weight excluding hydrogens is 358 g/mol. The molecule has 134 valence electrons. The minimum absolute atomic E-state index is 0.0452. The van der Waals surface area contributed by atoms with Gasteiger partial charge in [0.2, 0.25) is 10.0 Å². The molecule has 0 radical (unpaired) electrons. The van der Waals surface area contributed by atoms with Gasteiger partial charge >= 0.3 is 6.61 Å². The number of nitrogens with one attached hydrogen (secondary N) is 1. The van der Waals surface area contributed by atoms with E-state index in [1.54, 1.807) is 0 Å². The largest absolute Gasteiger partial charge is 0.435 e. The normalized spacial score (nSPS) is 11.5. The molecule has 0 atom stereocenters. The van der Waals surface area contributed by atoms with E-state index in [-0.39, 0.29) is 22.9 Å². The zero-order chi connectivity index (χ0) is 18.6. The zero-order valence-electron chi connectivity index (χ0n) is 13.0. The van der Waals surface area contributed by atoms with Gasteiger partial charge in [0.15, 0.2) is 0 Å². The van der Waals surface area contributed by atoms with Crippen molar-refractivity contribution in [3.05, 3.63) is 63.7 Å². The summed E-state index contributed by atoms with van der Waals surface area (Å²) < 4.78 is 55.4. The third-order valence-electron chi connectivity index (χ3n) is 3.29. The summed E-state index contributed by atoms with van der Waals surface area (Å²) in [4.78, 5) is 9.93. The number of alkyl halides is 2. The molecule has 0 bridgehead atoms. The fraction of sp³-hybridized carbons (Fsp3) is 0.200. The Hall–Kier alpha value is -2.59. The zero-order valence-corrected chi connectivity index (χ0v) is 13.8. The number of halogens is 2. The summed E-state index contributed by atoms with van der Waals surface area (Å²) >= 11 is 0. The number of nitrogens with zero attached hydrogens (tertiary/aromatic N) is 1. The van der Waals surface area contributed by atoms with E-state index >= 15 is 0 Å². The van der Waals surface area contributed by atoms with Crippen LogP contribution in [0.15, 0.2) is 47.4 Å². The number of hydrogen-bond acceptors (Lipinski definition) is 5. The van der Waals surface area contributed by atoms with Gasteiger partial charge in [-0.05, 0) is 30.2 Å². The van der Waals surface area contributed by atoms with Gasteiger partial charge in [0.05, 0.1) is 9.82 Å². The van der Waals surface area contributed by atoms with Crippen LogP contribution in [0, 0.1) is 17.0 Å². The van der Waals surface area contributed by atoms with E-state index in [1.165, 1.54) is 43.3 Å². The molecule has 2 aromatic carbocycles. The predicted molar refractivity (Wildman–Crippen MR) is 84.9 cm³/mol. The van der Waals surface area contributed by atoms with Crippen LogP contribution in [0.3, 0.4) is 0 Å². The summed E-state index contributed by atoms with van der Waals surface area (Å²) in [7, 11) is -3.98. The van der Waals surface area contributed by atoms with E-state index < -0.39 is 21.6 Å². The highest BCUT2D eigenvalue weighted by Crippen LogP contribution is 2.22. The molecule has 0 aromatic heterocycles. The highest BCUT2D eigenvalue weighted by molar-refractivity contribution is 7.89. The van der Waals surface area contributed by atoms with Crippen molar-refractivity contribution in [1.29, 1.82) is 0 Å². The Morgan fingerprint density at radius 2 is 1.84 bits per heavy atom. The van der Waals surface area contributed by atoms with E-state index in [1.807, 2.05) is 0 Å². The van der Waals surface area contributed by atoms with Gasteiger partial charge in [-0.1, -0.05) is 18.2 Å². The quantitative estimate of drug-likeness (QED) is 0.595. The molecule has 0 aliphatic carbocycles. The van der Waals surface area contributed by atoms with E-state index in [2.05, 4.69) is 9.46 Å². The molecule has 10 heteroatoms. The van der Waals surface area contributed by atoms with Crippen LogP contribution in [0.4, 0.5) is 14.5 Å². The van der Waals surface area contributed by atoms with Gasteiger partial charge in [-0.15, -0.1) is 0 Å².